The van der Waals surface area contributed by atoms with Gasteiger partial charge in [-0.25, -0.2) is 0 Å². The van der Waals surface area contributed by atoms with E-state index in [2.05, 4.69) is 43.3 Å². The second kappa shape index (κ2) is 4.50. The van der Waals surface area contributed by atoms with Crippen LogP contribution in [0.15, 0.2) is 24.3 Å². The lowest BCUT2D eigenvalue weighted by atomic mass is 9.50. The van der Waals surface area contributed by atoms with Crippen LogP contribution < -0.4 is 10.6 Å². The van der Waals surface area contributed by atoms with Gasteiger partial charge in [0, 0.05) is 25.2 Å². The van der Waals surface area contributed by atoms with E-state index in [-0.39, 0.29) is 10.8 Å². The Morgan fingerprint density at radius 1 is 1.16 bits per heavy atom. The average Bonchev–Trinajstić information content (AvgIpc) is 2.31. The predicted octanol–water partition coefficient (Wildman–Crippen LogP) is 2.15. The topological polar surface area (TPSA) is 38.5 Å². The fourth-order valence-corrected chi connectivity index (χ4v) is 3.65. The van der Waals surface area contributed by atoms with E-state index in [0.717, 1.165) is 19.8 Å². The summed E-state index contributed by atoms with van der Waals surface area (Å²) in [6, 6.07) is 8.96. The van der Waals surface area contributed by atoms with Crippen molar-refractivity contribution in [2.24, 2.45) is 11.1 Å². The first-order chi connectivity index (χ1) is 9.13. The molecule has 3 rings (SSSR count). The molecule has 19 heavy (non-hydrogen) atoms. The lowest BCUT2D eigenvalue weighted by Gasteiger charge is -2.60. The number of hydrogen-bond donors (Lipinski definition) is 1. The number of nitrogens with zero attached hydrogens (tertiary/aromatic N) is 1. The molecule has 2 fully saturated rings. The van der Waals surface area contributed by atoms with E-state index >= 15 is 0 Å². The molecule has 0 amide bonds. The number of nitrogens with two attached hydrogens (primary N) is 1. The Labute approximate surface area is 115 Å². The highest BCUT2D eigenvalue weighted by Crippen LogP contribution is 2.57. The van der Waals surface area contributed by atoms with Crippen LogP contribution in [0.5, 0.6) is 0 Å². The molecule has 104 valence electrons. The minimum Gasteiger partial charge on any atom is -0.379 e. The summed E-state index contributed by atoms with van der Waals surface area (Å²) in [6.45, 7) is 2.46. The molecular weight excluding hydrogens is 236 g/mol. The molecule has 3 heteroatoms. The van der Waals surface area contributed by atoms with E-state index in [0.29, 0.717) is 0 Å². The summed E-state index contributed by atoms with van der Waals surface area (Å²) in [7, 11) is 4.15. The second-order valence-corrected chi connectivity index (χ2v) is 6.35. The monoisotopic (exact) mass is 260 g/mol. The fourth-order valence-electron chi connectivity index (χ4n) is 3.65. The highest BCUT2D eigenvalue weighted by atomic mass is 16.5. The molecule has 0 spiro atoms. The SMILES string of the molecule is CN(C)c1ccc(C2(C3(CN)CCC3)COC2)cc1. The van der Waals surface area contributed by atoms with Crippen LogP contribution in [0.2, 0.25) is 0 Å². The first-order valence-electron chi connectivity index (χ1n) is 7.19. The molecular formula is C16H24N2O. The molecule has 0 unspecified atom stereocenters. The third kappa shape index (κ3) is 1.72. The first kappa shape index (κ1) is 12.9. The van der Waals surface area contributed by atoms with Gasteiger partial charge < -0.3 is 15.4 Å². The maximum Gasteiger partial charge on any atom is 0.0591 e. The van der Waals surface area contributed by atoms with Gasteiger partial charge in [0.2, 0.25) is 0 Å². The molecule has 1 heterocycles. The molecule has 1 aliphatic heterocycles. The van der Waals surface area contributed by atoms with E-state index in [1.165, 1.54) is 30.5 Å². The Morgan fingerprint density at radius 3 is 2.11 bits per heavy atom. The van der Waals surface area contributed by atoms with Gasteiger partial charge in [0.15, 0.2) is 0 Å². The lowest BCUT2D eigenvalue weighted by molar-refractivity contribution is -0.153. The Morgan fingerprint density at radius 2 is 1.79 bits per heavy atom. The first-order valence-corrected chi connectivity index (χ1v) is 7.19. The summed E-state index contributed by atoms with van der Waals surface area (Å²) in [4.78, 5) is 2.13. The van der Waals surface area contributed by atoms with Crippen LogP contribution in [0, 0.1) is 5.41 Å². The third-order valence-electron chi connectivity index (χ3n) is 5.35. The lowest BCUT2D eigenvalue weighted by Crippen LogP contribution is -2.64. The zero-order valence-corrected chi connectivity index (χ0v) is 12.0. The standard InChI is InChI=1S/C16H24N2O/c1-18(2)14-6-4-13(5-7-14)16(11-19-12-16)15(10-17)8-3-9-15/h4-7H,3,8-12,17H2,1-2H3. The van der Waals surface area contributed by atoms with Crippen LogP contribution in [0.25, 0.3) is 0 Å². The van der Waals surface area contributed by atoms with Gasteiger partial charge in [-0.3, -0.25) is 0 Å². The van der Waals surface area contributed by atoms with Gasteiger partial charge in [0.1, 0.15) is 0 Å². The van der Waals surface area contributed by atoms with E-state index < -0.39 is 0 Å². The van der Waals surface area contributed by atoms with Crippen LogP contribution in [-0.4, -0.2) is 33.9 Å². The highest BCUT2D eigenvalue weighted by Gasteiger charge is 2.58. The smallest absolute Gasteiger partial charge is 0.0591 e. The van der Waals surface area contributed by atoms with Gasteiger partial charge >= 0.3 is 0 Å². The van der Waals surface area contributed by atoms with Gasteiger partial charge in [-0.05, 0) is 42.5 Å². The number of ether oxygens (including phenoxy) is 1. The number of anilines is 1. The Bertz CT molecular complexity index is 439. The van der Waals surface area contributed by atoms with Crippen LogP contribution in [-0.2, 0) is 10.2 Å². The number of benzene rings is 1. The Kier molecular flexibility index (Phi) is 3.06. The van der Waals surface area contributed by atoms with E-state index in [1.807, 2.05) is 0 Å². The van der Waals surface area contributed by atoms with E-state index in [1.54, 1.807) is 0 Å². The largest absolute Gasteiger partial charge is 0.379 e. The summed E-state index contributed by atoms with van der Waals surface area (Å²) in [5.41, 5.74) is 9.23. The van der Waals surface area contributed by atoms with Gasteiger partial charge in [0.25, 0.3) is 0 Å². The molecule has 2 aliphatic rings. The predicted molar refractivity (Wildman–Crippen MR) is 78.6 cm³/mol. The summed E-state index contributed by atoms with van der Waals surface area (Å²) in [6.07, 6.45) is 3.82. The van der Waals surface area contributed by atoms with E-state index in [4.69, 9.17) is 10.5 Å². The van der Waals surface area contributed by atoms with Gasteiger partial charge in [-0.1, -0.05) is 18.6 Å². The van der Waals surface area contributed by atoms with Gasteiger partial charge in [-0.2, -0.15) is 0 Å². The molecule has 0 radical (unpaired) electrons. The molecule has 0 atom stereocenters. The van der Waals surface area contributed by atoms with Crippen LogP contribution in [0.1, 0.15) is 24.8 Å². The Balaban J connectivity index is 1.94. The normalized spacial score (nSPS) is 23.3. The van der Waals surface area contributed by atoms with Gasteiger partial charge in [0.05, 0.1) is 13.2 Å². The number of hydrogen-bond acceptors (Lipinski definition) is 3. The summed E-state index contributed by atoms with van der Waals surface area (Å²) in [5.74, 6) is 0. The highest BCUT2D eigenvalue weighted by molar-refractivity contribution is 5.48. The minimum absolute atomic E-state index is 0.171. The summed E-state index contributed by atoms with van der Waals surface area (Å²) < 4.78 is 5.59. The zero-order valence-electron chi connectivity index (χ0n) is 12.0. The van der Waals surface area contributed by atoms with E-state index in [9.17, 15) is 0 Å². The van der Waals surface area contributed by atoms with Crippen molar-refractivity contribution in [1.29, 1.82) is 0 Å². The van der Waals surface area contributed by atoms with Crippen LogP contribution in [0.3, 0.4) is 0 Å². The molecule has 1 aromatic carbocycles. The van der Waals surface area contributed by atoms with Gasteiger partial charge in [-0.15, -0.1) is 0 Å². The quantitative estimate of drug-likeness (QED) is 0.901. The molecule has 0 aromatic heterocycles. The maximum atomic E-state index is 6.12. The van der Waals surface area contributed by atoms with Crippen molar-refractivity contribution < 1.29 is 4.74 Å². The van der Waals surface area contributed by atoms with Crippen molar-refractivity contribution >= 4 is 5.69 Å². The third-order valence-corrected chi connectivity index (χ3v) is 5.35. The zero-order chi connectivity index (χ0) is 13.5. The van der Waals surface area contributed by atoms with Crippen molar-refractivity contribution in [2.75, 3.05) is 38.8 Å². The Hall–Kier alpha value is -1.06. The van der Waals surface area contributed by atoms with Crippen molar-refractivity contribution in [1.82, 2.24) is 0 Å². The molecule has 2 N–H and O–H groups in total. The van der Waals surface area contributed by atoms with Crippen molar-refractivity contribution in [3.63, 3.8) is 0 Å². The molecule has 3 nitrogen and oxygen atoms in total. The van der Waals surface area contributed by atoms with Crippen molar-refractivity contribution in [3.05, 3.63) is 29.8 Å². The summed E-state index contributed by atoms with van der Waals surface area (Å²) >= 11 is 0. The van der Waals surface area contributed by atoms with Crippen molar-refractivity contribution in [3.8, 4) is 0 Å². The summed E-state index contributed by atoms with van der Waals surface area (Å²) in [5, 5.41) is 0. The molecule has 1 saturated carbocycles. The fraction of sp³-hybridized carbons (Fsp3) is 0.625. The second-order valence-electron chi connectivity index (χ2n) is 6.35. The molecule has 0 bridgehead atoms. The molecule has 1 saturated heterocycles. The molecule has 1 aliphatic carbocycles. The van der Waals surface area contributed by atoms with Crippen molar-refractivity contribution in [2.45, 2.75) is 24.7 Å². The number of rotatable bonds is 4. The average molecular weight is 260 g/mol. The maximum absolute atomic E-state index is 6.12. The van der Waals surface area contributed by atoms with Crippen LogP contribution >= 0.6 is 0 Å². The molecule has 1 aromatic rings. The van der Waals surface area contributed by atoms with Crippen LogP contribution in [0.4, 0.5) is 5.69 Å². The minimum atomic E-state index is 0.171.